The lowest BCUT2D eigenvalue weighted by Gasteiger charge is -2.31. The summed E-state index contributed by atoms with van der Waals surface area (Å²) in [6.07, 6.45) is 1.69. The van der Waals surface area contributed by atoms with Crippen LogP contribution in [0, 0.1) is 5.82 Å². The highest BCUT2D eigenvalue weighted by Gasteiger charge is 2.28. The zero-order chi connectivity index (χ0) is 22.9. The van der Waals surface area contributed by atoms with Crippen molar-refractivity contribution in [2.75, 3.05) is 27.2 Å². The van der Waals surface area contributed by atoms with Crippen LogP contribution in [0.2, 0.25) is 0 Å². The maximum Gasteiger partial charge on any atom is 0.253 e. The number of nitrogens with zero attached hydrogens (tertiary/aromatic N) is 4. The molecule has 1 aliphatic rings. The molecular weight excluding hydrogens is 451 g/mol. The highest BCUT2D eigenvalue weighted by atomic mass is 32.2. The highest BCUT2D eigenvalue weighted by molar-refractivity contribution is 7.89. The highest BCUT2D eigenvalue weighted by Crippen LogP contribution is 2.34. The number of likely N-dealkylation sites (tertiary alicyclic amines) is 1. The summed E-state index contributed by atoms with van der Waals surface area (Å²) in [5.74, 6) is -0.461. The molecule has 4 rings (SSSR count). The SMILES string of the molecule is CN(C)S(=O)(=O)c1ccc(C(=O)N2CCCC(c3nnc(-c4ccccc4F)s3)C2)cc1. The lowest BCUT2D eigenvalue weighted by atomic mass is 9.98. The number of sulfonamides is 1. The number of carbonyl (C=O) groups is 1. The van der Waals surface area contributed by atoms with Gasteiger partial charge in [0.25, 0.3) is 5.91 Å². The van der Waals surface area contributed by atoms with Gasteiger partial charge in [0.1, 0.15) is 10.8 Å². The number of carbonyl (C=O) groups excluding carboxylic acids is 1. The smallest absolute Gasteiger partial charge is 0.253 e. The molecule has 0 saturated carbocycles. The fraction of sp³-hybridized carbons (Fsp3) is 0.318. The number of piperidine rings is 1. The molecule has 168 valence electrons. The fourth-order valence-electron chi connectivity index (χ4n) is 3.67. The van der Waals surface area contributed by atoms with Crippen molar-refractivity contribution >= 4 is 27.3 Å². The number of halogens is 1. The van der Waals surface area contributed by atoms with Crippen LogP contribution in [0.15, 0.2) is 53.4 Å². The van der Waals surface area contributed by atoms with Crippen LogP contribution >= 0.6 is 11.3 Å². The van der Waals surface area contributed by atoms with Gasteiger partial charge in [-0.15, -0.1) is 10.2 Å². The molecular formula is C22H23FN4O3S2. The van der Waals surface area contributed by atoms with E-state index in [4.69, 9.17) is 0 Å². The van der Waals surface area contributed by atoms with Crippen molar-refractivity contribution in [1.29, 1.82) is 0 Å². The predicted octanol–water partition coefficient (Wildman–Crippen LogP) is 3.61. The van der Waals surface area contributed by atoms with Gasteiger partial charge in [-0.3, -0.25) is 4.79 Å². The Labute approximate surface area is 190 Å². The molecule has 0 spiro atoms. The van der Waals surface area contributed by atoms with E-state index in [1.165, 1.54) is 43.6 Å². The summed E-state index contributed by atoms with van der Waals surface area (Å²) in [6, 6.07) is 12.5. The summed E-state index contributed by atoms with van der Waals surface area (Å²) in [5.41, 5.74) is 0.862. The van der Waals surface area contributed by atoms with Crippen LogP contribution in [0.5, 0.6) is 0 Å². The van der Waals surface area contributed by atoms with Crippen LogP contribution in [0.3, 0.4) is 0 Å². The topological polar surface area (TPSA) is 83.5 Å². The van der Waals surface area contributed by atoms with Crippen molar-refractivity contribution in [2.24, 2.45) is 0 Å². The lowest BCUT2D eigenvalue weighted by Crippen LogP contribution is -2.39. The Balaban J connectivity index is 1.49. The van der Waals surface area contributed by atoms with Gasteiger partial charge < -0.3 is 4.90 Å². The van der Waals surface area contributed by atoms with E-state index < -0.39 is 10.0 Å². The van der Waals surface area contributed by atoms with Crippen molar-refractivity contribution in [3.63, 3.8) is 0 Å². The fourth-order valence-corrected chi connectivity index (χ4v) is 5.57. The van der Waals surface area contributed by atoms with Gasteiger partial charge in [-0.05, 0) is 49.2 Å². The van der Waals surface area contributed by atoms with Gasteiger partial charge in [0.05, 0.1) is 4.90 Å². The van der Waals surface area contributed by atoms with Gasteiger partial charge in [-0.2, -0.15) is 0 Å². The van der Waals surface area contributed by atoms with Crippen LogP contribution in [0.1, 0.15) is 34.1 Å². The Morgan fingerprint density at radius 2 is 1.84 bits per heavy atom. The van der Waals surface area contributed by atoms with Crippen molar-refractivity contribution in [2.45, 2.75) is 23.7 Å². The van der Waals surface area contributed by atoms with Crippen molar-refractivity contribution in [3.8, 4) is 10.6 Å². The molecule has 1 amide bonds. The Hall–Kier alpha value is -2.69. The molecule has 3 aromatic rings. The normalized spacial score (nSPS) is 17.0. The number of benzene rings is 2. The first kappa shape index (κ1) is 22.5. The monoisotopic (exact) mass is 474 g/mol. The molecule has 1 fully saturated rings. The molecule has 0 bridgehead atoms. The molecule has 1 aliphatic heterocycles. The van der Waals surface area contributed by atoms with E-state index in [1.54, 1.807) is 35.2 Å². The molecule has 2 heterocycles. The summed E-state index contributed by atoms with van der Waals surface area (Å²) in [7, 11) is -0.614. The van der Waals surface area contributed by atoms with E-state index >= 15 is 0 Å². The third-order valence-electron chi connectivity index (χ3n) is 5.48. The Morgan fingerprint density at radius 1 is 1.12 bits per heavy atom. The minimum atomic E-state index is -3.54. The zero-order valence-corrected chi connectivity index (χ0v) is 19.4. The molecule has 2 aromatic carbocycles. The van der Waals surface area contributed by atoms with Crippen LogP contribution in [-0.2, 0) is 10.0 Å². The average molecular weight is 475 g/mol. The molecule has 32 heavy (non-hydrogen) atoms. The summed E-state index contributed by atoms with van der Waals surface area (Å²) >= 11 is 1.35. The van der Waals surface area contributed by atoms with Gasteiger partial charge in [-0.1, -0.05) is 23.5 Å². The standard InChI is InChI=1S/C22H23FN4O3S2/c1-26(2)32(29,30)17-11-9-15(10-12-17)22(28)27-13-5-6-16(14-27)20-24-25-21(31-20)18-7-3-4-8-19(18)23/h3-4,7-12,16H,5-6,13-14H2,1-2H3. The Morgan fingerprint density at radius 3 is 2.53 bits per heavy atom. The van der Waals surface area contributed by atoms with Crippen molar-refractivity contribution < 1.29 is 17.6 Å². The van der Waals surface area contributed by atoms with Gasteiger partial charge in [0.2, 0.25) is 10.0 Å². The van der Waals surface area contributed by atoms with Crippen LogP contribution in [0.4, 0.5) is 4.39 Å². The molecule has 10 heteroatoms. The van der Waals surface area contributed by atoms with E-state index in [2.05, 4.69) is 10.2 Å². The molecule has 7 nitrogen and oxygen atoms in total. The number of aromatic nitrogens is 2. The van der Waals surface area contributed by atoms with E-state index in [0.29, 0.717) is 29.2 Å². The first-order valence-electron chi connectivity index (χ1n) is 10.2. The minimum Gasteiger partial charge on any atom is -0.338 e. The summed E-state index contributed by atoms with van der Waals surface area (Å²) in [6.45, 7) is 1.11. The maximum absolute atomic E-state index is 14.1. The number of rotatable bonds is 5. The third-order valence-corrected chi connectivity index (χ3v) is 8.43. The van der Waals surface area contributed by atoms with E-state index in [0.717, 1.165) is 22.2 Å². The van der Waals surface area contributed by atoms with E-state index in [9.17, 15) is 17.6 Å². The summed E-state index contributed by atoms with van der Waals surface area (Å²) in [5, 5.41) is 9.75. The Bertz CT molecular complexity index is 1230. The zero-order valence-electron chi connectivity index (χ0n) is 17.7. The van der Waals surface area contributed by atoms with Gasteiger partial charge in [0.15, 0.2) is 5.01 Å². The minimum absolute atomic E-state index is 0.0270. The maximum atomic E-state index is 14.1. The number of hydrogen-bond donors (Lipinski definition) is 0. The molecule has 1 atom stereocenters. The molecule has 0 N–H and O–H groups in total. The molecule has 0 radical (unpaired) electrons. The molecule has 0 aliphatic carbocycles. The van der Waals surface area contributed by atoms with Gasteiger partial charge in [0, 0.05) is 44.2 Å². The van der Waals surface area contributed by atoms with Crippen LogP contribution in [0.25, 0.3) is 10.6 Å². The number of amides is 1. The second-order valence-corrected chi connectivity index (χ2v) is 11.0. The van der Waals surface area contributed by atoms with Gasteiger partial charge in [-0.25, -0.2) is 17.1 Å². The first-order chi connectivity index (χ1) is 15.3. The van der Waals surface area contributed by atoms with Crippen LogP contribution in [-0.4, -0.2) is 60.9 Å². The summed E-state index contributed by atoms with van der Waals surface area (Å²) < 4.78 is 39.7. The summed E-state index contributed by atoms with van der Waals surface area (Å²) in [4.78, 5) is 14.9. The van der Waals surface area contributed by atoms with Crippen molar-refractivity contribution in [1.82, 2.24) is 19.4 Å². The number of hydrogen-bond acceptors (Lipinski definition) is 6. The third kappa shape index (κ3) is 4.43. The van der Waals surface area contributed by atoms with Gasteiger partial charge >= 0.3 is 0 Å². The largest absolute Gasteiger partial charge is 0.338 e. The van der Waals surface area contributed by atoms with E-state index in [-0.39, 0.29) is 22.5 Å². The first-order valence-corrected chi connectivity index (χ1v) is 12.4. The van der Waals surface area contributed by atoms with Crippen molar-refractivity contribution in [3.05, 3.63) is 64.9 Å². The Kier molecular flexibility index (Phi) is 6.36. The quantitative estimate of drug-likeness (QED) is 0.564. The second-order valence-electron chi connectivity index (χ2n) is 7.83. The second kappa shape index (κ2) is 9.05. The predicted molar refractivity (Wildman–Crippen MR) is 120 cm³/mol. The molecule has 1 saturated heterocycles. The average Bonchev–Trinajstić information content (AvgIpc) is 3.29. The lowest BCUT2D eigenvalue weighted by molar-refractivity contribution is 0.0706. The van der Waals surface area contributed by atoms with E-state index in [1.807, 2.05) is 0 Å². The molecule has 1 unspecified atom stereocenters. The molecule has 1 aromatic heterocycles. The van der Waals surface area contributed by atoms with Crippen LogP contribution < -0.4 is 0 Å².